The number of hydrogen-bond donors (Lipinski definition) is 2. The minimum atomic E-state index is -0.105. The van der Waals surface area contributed by atoms with Crippen LogP contribution in [0.25, 0.3) is 0 Å². The van der Waals surface area contributed by atoms with E-state index in [-0.39, 0.29) is 10.7 Å². The lowest BCUT2D eigenvalue weighted by atomic mass is 10.2. The second-order valence-electron chi connectivity index (χ2n) is 2.72. The van der Waals surface area contributed by atoms with E-state index in [2.05, 4.69) is 17.9 Å². The zero-order valence-corrected chi connectivity index (χ0v) is 6.96. The summed E-state index contributed by atoms with van der Waals surface area (Å²) >= 11 is 4.21. The van der Waals surface area contributed by atoms with Gasteiger partial charge in [-0.2, -0.15) is 12.6 Å². The third-order valence-electron chi connectivity index (χ3n) is 0.770. The van der Waals surface area contributed by atoms with Gasteiger partial charge < -0.3 is 5.32 Å². The molecule has 0 aliphatic carbocycles. The smallest absolute Gasteiger partial charge is 0.216 e. The maximum absolute atomic E-state index is 10.3. The molecule has 0 aliphatic rings. The SMILES string of the molecule is CC(=O)NCC(C)(C)S. The Hall–Kier alpha value is -0.180. The van der Waals surface area contributed by atoms with Crippen LogP contribution in [-0.4, -0.2) is 17.2 Å². The molecule has 0 aromatic carbocycles. The first-order valence-corrected chi connectivity index (χ1v) is 3.33. The van der Waals surface area contributed by atoms with E-state index in [1.165, 1.54) is 6.92 Å². The molecule has 0 unspecified atom stereocenters. The molecular formula is C6H13NOS. The Morgan fingerprint density at radius 3 is 2.22 bits per heavy atom. The Morgan fingerprint density at radius 1 is 1.67 bits per heavy atom. The number of carbonyl (C=O) groups is 1. The highest BCUT2D eigenvalue weighted by atomic mass is 32.1. The molecule has 9 heavy (non-hydrogen) atoms. The number of amides is 1. The van der Waals surface area contributed by atoms with E-state index in [0.717, 1.165) is 0 Å². The lowest BCUT2D eigenvalue weighted by molar-refractivity contribution is -0.119. The summed E-state index contributed by atoms with van der Waals surface area (Å²) in [5.74, 6) is -0.00266. The summed E-state index contributed by atoms with van der Waals surface area (Å²) in [6.07, 6.45) is 0. The first kappa shape index (κ1) is 8.82. The fourth-order valence-corrected chi connectivity index (χ4v) is 0.420. The Labute approximate surface area is 61.4 Å². The summed E-state index contributed by atoms with van der Waals surface area (Å²) < 4.78 is -0.105. The van der Waals surface area contributed by atoms with Gasteiger partial charge >= 0.3 is 0 Å². The molecule has 1 amide bonds. The molecule has 0 spiro atoms. The third kappa shape index (κ3) is 7.82. The monoisotopic (exact) mass is 147 g/mol. The van der Waals surface area contributed by atoms with Crippen LogP contribution >= 0.6 is 12.6 Å². The van der Waals surface area contributed by atoms with Gasteiger partial charge in [0, 0.05) is 18.2 Å². The number of rotatable bonds is 2. The molecule has 0 saturated carbocycles. The number of nitrogens with one attached hydrogen (secondary N) is 1. The second-order valence-corrected chi connectivity index (χ2v) is 3.93. The van der Waals surface area contributed by atoms with Gasteiger partial charge in [-0.1, -0.05) is 0 Å². The van der Waals surface area contributed by atoms with E-state index in [1.807, 2.05) is 13.8 Å². The lowest BCUT2D eigenvalue weighted by Crippen LogP contribution is -2.33. The highest BCUT2D eigenvalue weighted by molar-refractivity contribution is 7.81. The van der Waals surface area contributed by atoms with Crippen molar-refractivity contribution in [2.24, 2.45) is 0 Å². The fraction of sp³-hybridized carbons (Fsp3) is 0.833. The van der Waals surface area contributed by atoms with Crippen LogP contribution < -0.4 is 5.32 Å². The van der Waals surface area contributed by atoms with Crippen LogP contribution in [0.4, 0.5) is 0 Å². The fourth-order valence-electron chi connectivity index (χ4n) is 0.341. The van der Waals surface area contributed by atoms with Crippen molar-refractivity contribution < 1.29 is 4.79 Å². The zero-order valence-electron chi connectivity index (χ0n) is 6.06. The summed E-state index contributed by atoms with van der Waals surface area (Å²) in [5, 5.41) is 2.67. The van der Waals surface area contributed by atoms with Gasteiger partial charge in [-0.05, 0) is 13.8 Å². The normalized spacial score (nSPS) is 11.1. The molecule has 0 atom stereocenters. The summed E-state index contributed by atoms with van der Waals surface area (Å²) in [6, 6.07) is 0. The third-order valence-corrected chi connectivity index (χ3v) is 0.928. The van der Waals surface area contributed by atoms with E-state index < -0.39 is 0 Å². The molecule has 0 saturated heterocycles. The van der Waals surface area contributed by atoms with E-state index in [1.54, 1.807) is 0 Å². The second kappa shape index (κ2) is 3.11. The molecule has 0 rings (SSSR count). The van der Waals surface area contributed by atoms with Gasteiger partial charge in [0.2, 0.25) is 5.91 Å². The van der Waals surface area contributed by atoms with Gasteiger partial charge in [-0.3, -0.25) is 4.79 Å². The van der Waals surface area contributed by atoms with Gasteiger partial charge in [-0.25, -0.2) is 0 Å². The number of hydrogen-bond acceptors (Lipinski definition) is 2. The van der Waals surface area contributed by atoms with Crippen LogP contribution in [0.1, 0.15) is 20.8 Å². The van der Waals surface area contributed by atoms with Crippen molar-refractivity contribution in [2.45, 2.75) is 25.5 Å². The van der Waals surface area contributed by atoms with Crippen LogP contribution in [0, 0.1) is 0 Å². The van der Waals surface area contributed by atoms with Gasteiger partial charge in [0.05, 0.1) is 0 Å². The molecule has 3 heteroatoms. The van der Waals surface area contributed by atoms with Gasteiger partial charge in [0.15, 0.2) is 0 Å². The average Bonchev–Trinajstić information content (AvgIpc) is 1.59. The Morgan fingerprint density at radius 2 is 2.11 bits per heavy atom. The molecule has 54 valence electrons. The van der Waals surface area contributed by atoms with Crippen LogP contribution in [0.15, 0.2) is 0 Å². The Bertz CT molecular complexity index is 106. The number of carbonyl (C=O) groups excluding carboxylic acids is 1. The van der Waals surface area contributed by atoms with Gasteiger partial charge in [-0.15, -0.1) is 0 Å². The standard InChI is InChI=1S/C6H13NOS/c1-5(8)7-4-6(2,3)9/h9H,4H2,1-3H3,(H,7,8). The van der Waals surface area contributed by atoms with Crippen LogP contribution in [0.2, 0.25) is 0 Å². The average molecular weight is 147 g/mol. The van der Waals surface area contributed by atoms with Crippen molar-refractivity contribution in [2.75, 3.05) is 6.54 Å². The first-order valence-electron chi connectivity index (χ1n) is 2.88. The van der Waals surface area contributed by atoms with Gasteiger partial charge in [0.25, 0.3) is 0 Å². The Balaban J connectivity index is 3.39. The van der Waals surface area contributed by atoms with Crippen molar-refractivity contribution in [3.8, 4) is 0 Å². The summed E-state index contributed by atoms with van der Waals surface area (Å²) in [6.45, 7) is 6.02. The van der Waals surface area contributed by atoms with E-state index >= 15 is 0 Å². The minimum absolute atomic E-state index is 0.00266. The van der Waals surface area contributed by atoms with E-state index in [9.17, 15) is 4.79 Å². The molecule has 0 fully saturated rings. The van der Waals surface area contributed by atoms with Crippen molar-refractivity contribution in [3.63, 3.8) is 0 Å². The van der Waals surface area contributed by atoms with E-state index in [4.69, 9.17) is 0 Å². The lowest BCUT2D eigenvalue weighted by Gasteiger charge is -2.16. The first-order chi connectivity index (χ1) is 3.92. The van der Waals surface area contributed by atoms with Crippen LogP contribution in [-0.2, 0) is 4.79 Å². The largest absolute Gasteiger partial charge is 0.355 e. The molecule has 2 nitrogen and oxygen atoms in total. The van der Waals surface area contributed by atoms with Crippen molar-refractivity contribution in [1.82, 2.24) is 5.32 Å². The summed E-state index contributed by atoms with van der Waals surface area (Å²) in [7, 11) is 0. The molecule has 0 aliphatic heterocycles. The quantitative estimate of drug-likeness (QED) is 0.557. The van der Waals surface area contributed by atoms with Crippen molar-refractivity contribution >= 4 is 18.5 Å². The van der Waals surface area contributed by atoms with Crippen LogP contribution in [0.3, 0.4) is 0 Å². The molecule has 0 radical (unpaired) electrons. The topological polar surface area (TPSA) is 29.1 Å². The highest BCUT2D eigenvalue weighted by Crippen LogP contribution is 2.08. The predicted octanol–water partition coefficient (Wildman–Crippen LogP) is 0.831. The van der Waals surface area contributed by atoms with Gasteiger partial charge in [0.1, 0.15) is 0 Å². The molecule has 0 bridgehead atoms. The molecular weight excluding hydrogens is 134 g/mol. The molecule has 0 heterocycles. The zero-order chi connectivity index (χ0) is 7.49. The maximum atomic E-state index is 10.3. The summed E-state index contributed by atoms with van der Waals surface area (Å²) in [5.41, 5.74) is 0. The van der Waals surface area contributed by atoms with Crippen LogP contribution in [0.5, 0.6) is 0 Å². The maximum Gasteiger partial charge on any atom is 0.216 e. The highest BCUT2D eigenvalue weighted by Gasteiger charge is 2.10. The number of thiol groups is 1. The summed E-state index contributed by atoms with van der Waals surface area (Å²) in [4.78, 5) is 10.3. The van der Waals surface area contributed by atoms with E-state index in [0.29, 0.717) is 6.54 Å². The van der Waals surface area contributed by atoms with Crippen molar-refractivity contribution in [3.05, 3.63) is 0 Å². The predicted molar refractivity (Wildman–Crippen MR) is 41.7 cm³/mol. The Kier molecular flexibility index (Phi) is 3.04. The minimum Gasteiger partial charge on any atom is -0.355 e. The molecule has 1 N–H and O–H groups in total. The molecule has 0 aromatic rings. The molecule has 0 aromatic heterocycles. The van der Waals surface area contributed by atoms with Crippen molar-refractivity contribution in [1.29, 1.82) is 0 Å².